The first kappa shape index (κ1) is 20.1. The monoisotopic (exact) mass is 439 g/mol. The van der Waals surface area contributed by atoms with E-state index in [2.05, 4.69) is 46.6 Å². The van der Waals surface area contributed by atoms with E-state index in [1.807, 2.05) is 24.3 Å². The van der Waals surface area contributed by atoms with Gasteiger partial charge in [-0.05, 0) is 47.4 Å². The van der Waals surface area contributed by atoms with Gasteiger partial charge in [-0.25, -0.2) is 0 Å². The molecule has 0 radical (unpaired) electrons. The van der Waals surface area contributed by atoms with Gasteiger partial charge in [0.25, 0.3) is 5.91 Å². The molecule has 1 atom stereocenters. The maximum atomic E-state index is 13.3. The van der Waals surface area contributed by atoms with Gasteiger partial charge in [-0.15, -0.1) is 0 Å². The molecule has 3 aliphatic rings. The van der Waals surface area contributed by atoms with Crippen LogP contribution < -0.4 is 10.2 Å². The average Bonchev–Trinajstić information content (AvgIpc) is 3.07. The Bertz CT molecular complexity index is 1280. The van der Waals surface area contributed by atoms with Crippen LogP contribution in [0.5, 0.6) is 0 Å². The Morgan fingerprint density at radius 3 is 2.52 bits per heavy atom. The summed E-state index contributed by atoms with van der Waals surface area (Å²) in [5.74, 6) is -0.227. The number of nitrogens with zero attached hydrogens (tertiary/aromatic N) is 2. The highest BCUT2D eigenvalue weighted by molar-refractivity contribution is 6.27. The predicted molar refractivity (Wildman–Crippen MR) is 126 cm³/mol. The summed E-state index contributed by atoms with van der Waals surface area (Å²) in [6.07, 6.45) is 1.57. The van der Waals surface area contributed by atoms with Gasteiger partial charge < -0.3 is 0 Å². The summed E-state index contributed by atoms with van der Waals surface area (Å²) < 4.78 is 0. The molecule has 166 valence electrons. The fourth-order valence-electron chi connectivity index (χ4n) is 5.57. The van der Waals surface area contributed by atoms with Crippen LogP contribution in [0.2, 0.25) is 0 Å². The lowest BCUT2D eigenvalue weighted by Crippen LogP contribution is -2.53. The summed E-state index contributed by atoms with van der Waals surface area (Å²) >= 11 is 0. The van der Waals surface area contributed by atoms with Crippen LogP contribution in [-0.2, 0) is 22.6 Å². The third kappa shape index (κ3) is 3.42. The molecule has 3 aromatic rings. The molecule has 0 bridgehead atoms. The molecular formula is C27H25N3O3. The Kier molecular flexibility index (Phi) is 4.76. The fourth-order valence-corrected chi connectivity index (χ4v) is 5.57. The molecule has 3 aliphatic heterocycles. The lowest BCUT2D eigenvalue weighted by atomic mass is 9.88. The highest BCUT2D eigenvalue weighted by atomic mass is 16.2. The third-order valence-corrected chi connectivity index (χ3v) is 7.13. The van der Waals surface area contributed by atoms with Gasteiger partial charge in [-0.3, -0.25) is 29.5 Å². The minimum Gasteiger partial charge on any atom is -0.298 e. The topological polar surface area (TPSA) is 69.7 Å². The maximum absolute atomic E-state index is 13.3. The zero-order valence-corrected chi connectivity index (χ0v) is 18.3. The quantitative estimate of drug-likeness (QED) is 0.620. The van der Waals surface area contributed by atoms with Crippen molar-refractivity contribution in [3.05, 3.63) is 77.4 Å². The number of amides is 3. The summed E-state index contributed by atoms with van der Waals surface area (Å²) in [6, 6.07) is 19.8. The third-order valence-electron chi connectivity index (χ3n) is 7.13. The van der Waals surface area contributed by atoms with Gasteiger partial charge in [0.15, 0.2) is 0 Å². The highest BCUT2D eigenvalue weighted by Crippen LogP contribution is 2.41. The van der Waals surface area contributed by atoms with Crippen molar-refractivity contribution in [1.29, 1.82) is 0 Å². The van der Waals surface area contributed by atoms with E-state index in [-0.39, 0.29) is 18.2 Å². The molecule has 3 heterocycles. The Balaban J connectivity index is 1.23. The summed E-state index contributed by atoms with van der Waals surface area (Å²) in [4.78, 5) is 41.4. The Morgan fingerprint density at radius 1 is 0.909 bits per heavy atom. The van der Waals surface area contributed by atoms with Crippen LogP contribution in [0.4, 0.5) is 5.69 Å². The average molecular weight is 440 g/mol. The number of rotatable bonds is 5. The van der Waals surface area contributed by atoms with E-state index in [4.69, 9.17) is 0 Å². The molecule has 2 fully saturated rings. The van der Waals surface area contributed by atoms with Crippen molar-refractivity contribution in [2.75, 3.05) is 18.0 Å². The number of benzene rings is 3. The molecule has 0 aromatic heterocycles. The minimum atomic E-state index is -0.644. The molecule has 6 rings (SSSR count). The molecule has 0 saturated carbocycles. The van der Waals surface area contributed by atoms with Gasteiger partial charge in [0, 0.05) is 37.0 Å². The van der Waals surface area contributed by atoms with Gasteiger partial charge >= 0.3 is 0 Å². The lowest BCUT2D eigenvalue weighted by molar-refractivity contribution is -0.134. The van der Waals surface area contributed by atoms with Crippen molar-refractivity contribution in [2.24, 2.45) is 5.92 Å². The minimum absolute atomic E-state index is 0.153. The maximum Gasteiger partial charge on any atom is 0.259 e. The van der Waals surface area contributed by atoms with Gasteiger partial charge in [-0.1, -0.05) is 48.5 Å². The summed E-state index contributed by atoms with van der Waals surface area (Å²) in [5, 5.41) is 4.41. The highest BCUT2D eigenvalue weighted by Gasteiger charge is 2.41. The Hall–Kier alpha value is -3.51. The number of hydrogen-bond acceptors (Lipinski definition) is 4. The summed E-state index contributed by atoms with van der Waals surface area (Å²) in [5.41, 5.74) is 4.02. The van der Waals surface area contributed by atoms with E-state index >= 15 is 0 Å². The largest absolute Gasteiger partial charge is 0.298 e. The molecule has 3 amide bonds. The molecule has 1 unspecified atom stereocenters. The van der Waals surface area contributed by atoms with E-state index in [1.165, 1.54) is 11.1 Å². The molecular weight excluding hydrogens is 414 g/mol. The number of likely N-dealkylation sites (tertiary alicyclic amines) is 1. The number of nitrogens with one attached hydrogen (secondary N) is 1. The molecule has 33 heavy (non-hydrogen) atoms. The van der Waals surface area contributed by atoms with E-state index < -0.39 is 11.9 Å². The molecule has 2 saturated heterocycles. The van der Waals surface area contributed by atoms with Crippen LogP contribution in [0.25, 0.3) is 10.8 Å². The zero-order valence-electron chi connectivity index (χ0n) is 18.3. The van der Waals surface area contributed by atoms with Crippen molar-refractivity contribution < 1.29 is 14.4 Å². The first-order valence-corrected chi connectivity index (χ1v) is 11.6. The normalized spacial score (nSPS) is 20.9. The Labute approximate surface area is 192 Å². The van der Waals surface area contributed by atoms with E-state index in [0.29, 0.717) is 17.9 Å². The van der Waals surface area contributed by atoms with Gasteiger partial charge in [0.1, 0.15) is 6.04 Å². The zero-order chi connectivity index (χ0) is 22.5. The second kappa shape index (κ2) is 7.81. The fraction of sp³-hybridized carbons (Fsp3) is 0.296. The molecule has 0 spiro atoms. The van der Waals surface area contributed by atoms with Crippen molar-refractivity contribution in [3.8, 4) is 0 Å². The summed E-state index contributed by atoms with van der Waals surface area (Å²) in [7, 11) is 0. The molecule has 6 heteroatoms. The summed E-state index contributed by atoms with van der Waals surface area (Å²) in [6.45, 7) is 3.12. The van der Waals surface area contributed by atoms with E-state index in [1.54, 1.807) is 4.90 Å². The Morgan fingerprint density at radius 2 is 1.73 bits per heavy atom. The van der Waals surface area contributed by atoms with Gasteiger partial charge in [0.05, 0.1) is 5.69 Å². The van der Waals surface area contributed by atoms with Crippen LogP contribution >= 0.6 is 0 Å². The number of anilines is 1. The molecule has 3 aromatic carbocycles. The SMILES string of the molecule is O=C1CCC(N2C(=O)c3ccc(CC4CN(Cc5ccccc5)C4)c4cccc2c34)C(=O)N1. The van der Waals surface area contributed by atoms with Crippen LogP contribution in [0.3, 0.4) is 0 Å². The van der Waals surface area contributed by atoms with E-state index in [9.17, 15) is 14.4 Å². The van der Waals surface area contributed by atoms with E-state index in [0.717, 1.165) is 42.5 Å². The second-order valence-electron chi connectivity index (χ2n) is 9.36. The van der Waals surface area contributed by atoms with Crippen molar-refractivity contribution in [1.82, 2.24) is 10.2 Å². The smallest absolute Gasteiger partial charge is 0.259 e. The van der Waals surface area contributed by atoms with Crippen LogP contribution in [0, 0.1) is 5.92 Å². The van der Waals surface area contributed by atoms with Gasteiger partial charge in [0.2, 0.25) is 11.8 Å². The number of hydrogen-bond donors (Lipinski definition) is 1. The first-order chi connectivity index (χ1) is 16.1. The number of carbonyl (C=O) groups is 3. The standard InChI is InChI=1S/C27H25N3O3/c31-24-12-11-23(26(32)28-24)30-22-8-4-7-20-19(9-10-21(25(20)22)27(30)33)13-18-15-29(16-18)14-17-5-2-1-3-6-17/h1-10,18,23H,11-16H2,(H,28,31,32). The lowest BCUT2D eigenvalue weighted by Gasteiger charge is -2.39. The molecule has 1 N–H and O–H groups in total. The number of carbonyl (C=O) groups excluding carboxylic acids is 3. The number of imide groups is 1. The number of piperidine rings is 1. The van der Waals surface area contributed by atoms with Crippen molar-refractivity contribution in [2.45, 2.75) is 31.8 Å². The van der Waals surface area contributed by atoms with Crippen LogP contribution in [0.15, 0.2) is 60.7 Å². The van der Waals surface area contributed by atoms with Crippen LogP contribution in [-0.4, -0.2) is 41.8 Å². The van der Waals surface area contributed by atoms with Gasteiger partial charge in [-0.2, -0.15) is 0 Å². The molecule has 0 aliphatic carbocycles. The van der Waals surface area contributed by atoms with Crippen molar-refractivity contribution in [3.63, 3.8) is 0 Å². The van der Waals surface area contributed by atoms with Crippen LogP contribution in [0.1, 0.15) is 34.3 Å². The predicted octanol–water partition coefficient (Wildman–Crippen LogP) is 3.28. The second-order valence-corrected chi connectivity index (χ2v) is 9.36. The van der Waals surface area contributed by atoms with Crippen molar-refractivity contribution >= 4 is 34.2 Å². The molecule has 6 nitrogen and oxygen atoms in total. The first-order valence-electron chi connectivity index (χ1n) is 11.6.